The molecule has 0 radical (unpaired) electrons. The van der Waals surface area contributed by atoms with Gasteiger partial charge in [0.2, 0.25) is 29.3 Å². The highest BCUT2D eigenvalue weighted by molar-refractivity contribution is 6.23. The van der Waals surface area contributed by atoms with Crippen molar-refractivity contribution in [2.75, 3.05) is 54.9 Å². The Morgan fingerprint density at radius 3 is 2.14 bits per heavy atom. The van der Waals surface area contributed by atoms with Gasteiger partial charge in [-0.2, -0.15) is 15.0 Å². The van der Waals surface area contributed by atoms with Gasteiger partial charge >= 0.3 is 0 Å². The highest BCUT2D eigenvalue weighted by Crippen LogP contribution is 2.41. The van der Waals surface area contributed by atoms with E-state index in [1.165, 1.54) is 4.90 Å². The zero-order chi connectivity index (χ0) is 25.3. The highest BCUT2D eigenvalue weighted by Gasteiger charge is 2.67. The average Bonchev–Trinajstić information content (AvgIpc) is 3.29. The minimum atomic E-state index is -1.52. The molecule has 4 heterocycles. The van der Waals surface area contributed by atoms with E-state index in [0.29, 0.717) is 63.6 Å². The summed E-state index contributed by atoms with van der Waals surface area (Å²) >= 11 is 0. The fourth-order valence-corrected chi connectivity index (χ4v) is 5.10. The van der Waals surface area contributed by atoms with Crippen LogP contribution in [0.5, 0.6) is 0 Å². The largest absolute Gasteiger partial charge is 0.375 e. The second-order valence-electron chi connectivity index (χ2n) is 9.80. The van der Waals surface area contributed by atoms with Gasteiger partial charge in [0.05, 0.1) is 12.5 Å². The van der Waals surface area contributed by atoms with E-state index in [9.17, 15) is 14.4 Å². The number of carbonyl (C=O) groups excluding carboxylic acids is 3. The number of hydrogen-bond donors (Lipinski definition) is 2. The van der Waals surface area contributed by atoms with Crippen molar-refractivity contribution in [1.82, 2.24) is 24.8 Å². The molecule has 12 heteroatoms. The molecule has 1 aromatic rings. The number of anilines is 3. The number of rotatable bonds is 8. The number of piperazine rings is 1. The van der Waals surface area contributed by atoms with E-state index in [2.05, 4.69) is 25.6 Å². The van der Waals surface area contributed by atoms with Crippen molar-refractivity contribution in [3.8, 4) is 0 Å². The minimum Gasteiger partial charge on any atom is -0.375 e. The summed E-state index contributed by atoms with van der Waals surface area (Å²) in [4.78, 5) is 58.1. The lowest BCUT2D eigenvalue weighted by Gasteiger charge is -2.41. The molecule has 2 N–H and O–H groups in total. The molecule has 0 aliphatic carbocycles. The normalized spacial score (nSPS) is 24.5. The third kappa shape index (κ3) is 4.63. The van der Waals surface area contributed by atoms with Crippen LogP contribution in [0.2, 0.25) is 0 Å². The van der Waals surface area contributed by atoms with E-state index >= 15 is 0 Å². The number of Topliss-reactive ketones (excluding diaryl/α,β-unsaturated/α-hetero) is 1. The third-order valence-corrected chi connectivity index (χ3v) is 6.55. The van der Waals surface area contributed by atoms with Crippen LogP contribution < -0.4 is 15.5 Å². The molecule has 0 saturated carbocycles. The smallest absolute Gasteiger partial charge is 0.259 e. The maximum absolute atomic E-state index is 13.8. The molecule has 0 bridgehead atoms. The number of aromatic nitrogens is 3. The Morgan fingerprint density at radius 1 is 1.00 bits per heavy atom. The molecule has 3 aliphatic heterocycles. The molecule has 4 rings (SSSR count). The summed E-state index contributed by atoms with van der Waals surface area (Å²) in [6.45, 7) is 12.4. The monoisotopic (exact) mass is 488 g/mol. The molecule has 0 aromatic carbocycles. The van der Waals surface area contributed by atoms with Gasteiger partial charge in [0.25, 0.3) is 5.91 Å². The van der Waals surface area contributed by atoms with Gasteiger partial charge in [0, 0.05) is 51.4 Å². The third-order valence-electron chi connectivity index (χ3n) is 6.55. The number of nitrogens with zero attached hydrogens (tertiary/aromatic N) is 6. The Hall–Kier alpha value is -3.02. The average molecular weight is 489 g/mol. The van der Waals surface area contributed by atoms with Gasteiger partial charge in [-0.15, -0.1) is 0 Å². The number of amides is 2. The summed E-state index contributed by atoms with van der Waals surface area (Å²) in [6.07, 6.45) is -0.355. The number of carbonyl (C=O) groups is 3. The number of ketones is 1. The number of fused-ring (bicyclic) bond motifs is 1. The minimum absolute atomic E-state index is 0.158. The van der Waals surface area contributed by atoms with E-state index in [4.69, 9.17) is 4.74 Å². The summed E-state index contributed by atoms with van der Waals surface area (Å²) in [5.41, 5.74) is -1.52. The maximum Gasteiger partial charge on any atom is 0.259 e. The summed E-state index contributed by atoms with van der Waals surface area (Å²) in [7, 11) is 0. The fraction of sp³-hybridized carbons (Fsp3) is 0.739. The second kappa shape index (κ2) is 9.92. The Bertz CT molecular complexity index is 950. The van der Waals surface area contributed by atoms with Gasteiger partial charge in [-0.05, 0) is 41.0 Å². The van der Waals surface area contributed by atoms with Crippen molar-refractivity contribution in [3.63, 3.8) is 0 Å². The summed E-state index contributed by atoms with van der Waals surface area (Å²) in [6, 6.07) is 0.315. The Kier molecular flexibility index (Phi) is 7.11. The SMILES string of the molecule is CCOC1CCN2C(=O)CC(=O)C12C(=O)N1CCN(c2nc(NC(C)C)nc(NC(C)C)n2)CC1. The van der Waals surface area contributed by atoms with Crippen LogP contribution in [0.3, 0.4) is 0 Å². The first-order valence-electron chi connectivity index (χ1n) is 12.5. The van der Waals surface area contributed by atoms with Crippen LogP contribution in [0.1, 0.15) is 47.5 Å². The second-order valence-corrected chi connectivity index (χ2v) is 9.80. The van der Waals surface area contributed by atoms with Gasteiger partial charge < -0.3 is 30.1 Å². The van der Waals surface area contributed by atoms with Crippen molar-refractivity contribution < 1.29 is 19.1 Å². The van der Waals surface area contributed by atoms with E-state index < -0.39 is 11.6 Å². The van der Waals surface area contributed by atoms with E-state index in [1.54, 1.807) is 4.90 Å². The summed E-state index contributed by atoms with van der Waals surface area (Å²) < 4.78 is 5.82. The van der Waals surface area contributed by atoms with Crippen molar-refractivity contribution in [2.45, 2.75) is 71.2 Å². The molecule has 3 fully saturated rings. The molecule has 3 aliphatic rings. The van der Waals surface area contributed by atoms with Gasteiger partial charge in [-0.25, -0.2) is 0 Å². The summed E-state index contributed by atoms with van der Waals surface area (Å²) in [5, 5.41) is 6.46. The molecule has 0 spiro atoms. The predicted molar refractivity (Wildman–Crippen MR) is 130 cm³/mol. The Balaban J connectivity index is 1.52. The number of nitrogens with one attached hydrogen (secondary N) is 2. The molecule has 1 aromatic heterocycles. The first-order valence-corrected chi connectivity index (χ1v) is 12.5. The van der Waals surface area contributed by atoms with Crippen molar-refractivity contribution >= 4 is 35.4 Å². The fourth-order valence-electron chi connectivity index (χ4n) is 5.10. The summed E-state index contributed by atoms with van der Waals surface area (Å²) in [5.74, 6) is 0.535. The molecule has 12 nitrogen and oxygen atoms in total. The van der Waals surface area contributed by atoms with Crippen LogP contribution in [0, 0.1) is 0 Å². The van der Waals surface area contributed by atoms with Crippen molar-refractivity contribution in [2.24, 2.45) is 0 Å². The predicted octanol–water partition coefficient (Wildman–Crippen LogP) is 0.510. The van der Waals surface area contributed by atoms with Crippen LogP contribution in [-0.2, 0) is 19.1 Å². The molecule has 2 unspecified atom stereocenters. The lowest BCUT2D eigenvalue weighted by molar-refractivity contribution is -0.157. The van der Waals surface area contributed by atoms with Crippen molar-refractivity contribution in [1.29, 1.82) is 0 Å². The molecular weight excluding hydrogens is 452 g/mol. The molecular formula is C23H36N8O4. The molecule has 35 heavy (non-hydrogen) atoms. The molecule has 2 amide bonds. The first-order chi connectivity index (χ1) is 16.7. The van der Waals surface area contributed by atoms with Gasteiger partial charge in [-0.1, -0.05) is 0 Å². The quantitative estimate of drug-likeness (QED) is 0.499. The zero-order valence-corrected chi connectivity index (χ0v) is 21.2. The van der Waals surface area contributed by atoms with E-state index in [0.717, 1.165) is 0 Å². The number of ether oxygens (including phenoxy) is 1. The Morgan fingerprint density at radius 2 is 1.60 bits per heavy atom. The standard InChI is InChI=1S/C23H36N8O4/c1-6-35-17-7-8-31-18(33)13-16(32)23(17,31)19(34)29-9-11-30(12-10-29)22-27-20(24-14(2)3)26-21(28-22)25-15(4)5/h14-15,17H,6-13H2,1-5H3,(H2,24,25,26,27,28). The highest BCUT2D eigenvalue weighted by atomic mass is 16.5. The lowest BCUT2D eigenvalue weighted by atomic mass is 9.87. The first kappa shape index (κ1) is 25.1. The van der Waals surface area contributed by atoms with Crippen molar-refractivity contribution in [3.05, 3.63) is 0 Å². The molecule has 3 saturated heterocycles. The van der Waals surface area contributed by atoms with Gasteiger partial charge in [0.15, 0.2) is 5.78 Å². The van der Waals surface area contributed by atoms with Crippen LogP contribution in [0.4, 0.5) is 17.8 Å². The van der Waals surface area contributed by atoms with Crippen LogP contribution in [0.25, 0.3) is 0 Å². The van der Waals surface area contributed by atoms with E-state index in [1.807, 2.05) is 39.5 Å². The van der Waals surface area contributed by atoms with Crippen LogP contribution in [0.15, 0.2) is 0 Å². The van der Waals surface area contributed by atoms with Crippen LogP contribution in [-0.4, -0.2) is 105 Å². The van der Waals surface area contributed by atoms with E-state index in [-0.39, 0.29) is 36.1 Å². The number of hydrogen-bond acceptors (Lipinski definition) is 10. The lowest BCUT2D eigenvalue weighted by Crippen LogP contribution is -2.65. The maximum atomic E-state index is 13.8. The molecule has 2 atom stereocenters. The Labute approximate surface area is 205 Å². The zero-order valence-electron chi connectivity index (χ0n) is 21.2. The van der Waals surface area contributed by atoms with Crippen LogP contribution >= 0.6 is 0 Å². The molecule has 192 valence electrons. The van der Waals surface area contributed by atoms with Gasteiger partial charge in [0.1, 0.15) is 0 Å². The van der Waals surface area contributed by atoms with Gasteiger partial charge in [-0.3, -0.25) is 14.4 Å². The topological polar surface area (TPSA) is 133 Å².